The lowest BCUT2D eigenvalue weighted by molar-refractivity contribution is -0.145. The van der Waals surface area contributed by atoms with Gasteiger partial charge in [0.25, 0.3) is 10.2 Å². The highest BCUT2D eigenvalue weighted by Gasteiger charge is 2.69. The second-order valence-corrected chi connectivity index (χ2v) is 19.5. The first-order chi connectivity index (χ1) is 23.2. The van der Waals surface area contributed by atoms with E-state index in [1.54, 1.807) is 11.0 Å². The average molecular weight is 720 g/mol. The third-order valence-corrected chi connectivity index (χ3v) is 13.8. The molecule has 3 fully saturated rings. The van der Waals surface area contributed by atoms with Crippen LogP contribution < -0.4 is 0 Å². The van der Waals surface area contributed by atoms with E-state index in [1.165, 1.54) is 25.4 Å². The Morgan fingerprint density at radius 1 is 0.980 bits per heavy atom. The second kappa shape index (κ2) is 17.5. The van der Waals surface area contributed by atoms with Gasteiger partial charge in [0.2, 0.25) is 11.7 Å². The van der Waals surface area contributed by atoms with Gasteiger partial charge in [-0.2, -0.15) is 17.0 Å². The zero-order chi connectivity index (χ0) is 37.6. The number of hydrogen-bond donors (Lipinski definition) is 0. The van der Waals surface area contributed by atoms with Crippen molar-refractivity contribution in [2.45, 2.75) is 131 Å². The summed E-state index contributed by atoms with van der Waals surface area (Å²) in [5.74, 6) is -2.72. The highest BCUT2D eigenvalue weighted by atomic mass is 32.2. The van der Waals surface area contributed by atoms with E-state index in [0.717, 1.165) is 49.3 Å². The first-order valence-electron chi connectivity index (χ1n) is 18.9. The number of fused-ring (bicyclic) bond motifs is 3. The molecule has 1 saturated carbocycles. The molecule has 2 heterocycles. The second-order valence-electron chi connectivity index (χ2n) is 17.2. The molecule has 50 heavy (non-hydrogen) atoms. The Morgan fingerprint density at radius 3 is 2.12 bits per heavy atom. The van der Waals surface area contributed by atoms with E-state index in [0.29, 0.717) is 25.8 Å². The Kier molecular flexibility index (Phi) is 14.8. The van der Waals surface area contributed by atoms with Gasteiger partial charge >= 0.3 is 0 Å². The van der Waals surface area contributed by atoms with Gasteiger partial charge < -0.3 is 4.90 Å². The smallest absolute Gasteiger partial charge is 0.281 e. The number of hydrogen-bond acceptors (Lipinski definition) is 7. The van der Waals surface area contributed by atoms with Crippen molar-refractivity contribution in [1.29, 1.82) is 0 Å². The van der Waals surface area contributed by atoms with Crippen LogP contribution in [0.2, 0.25) is 0 Å². The fourth-order valence-corrected chi connectivity index (χ4v) is 9.26. The Labute approximate surface area is 302 Å². The molecule has 11 heteroatoms. The first-order valence-corrected chi connectivity index (χ1v) is 20.3. The molecule has 2 saturated heterocycles. The molecule has 0 bridgehead atoms. The van der Waals surface area contributed by atoms with E-state index in [4.69, 9.17) is 0 Å². The quantitative estimate of drug-likeness (QED) is 0.168. The fraction of sp³-hybridized carbons (Fsp3) is 0.821. The molecule has 0 aromatic carbocycles. The lowest BCUT2D eigenvalue weighted by atomic mass is 9.76. The number of piperidine rings is 1. The molecular formula is C39H65N3O7S. The Hall–Kier alpha value is -2.24. The van der Waals surface area contributed by atoms with E-state index in [1.807, 2.05) is 20.8 Å². The maximum Gasteiger partial charge on any atom is 0.281 e. The topological polar surface area (TPSA) is 129 Å². The zero-order valence-electron chi connectivity index (χ0n) is 32.2. The van der Waals surface area contributed by atoms with Gasteiger partial charge in [0.1, 0.15) is 5.78 Å². The fourth-order valence-electron chi connectivity index (χ4n) is 8.33. The Balaban J connectivity index is 1.87. The van der Waals surface area contributed by atoms with Crippen molar-refractivity contribution in [3.63, 3.8) is 0 Å². The first kappa shape index (κ1) is 42.2. The molecule has 3 aliphatic rings. The molecule has 10 nitrogen and oxygen atoms in total. The monoisotopic (exact) mass is 719 g/mol. The molecule has 1 amide bonds. The van der Waals surface area contributed by atoms with E-state index in [2.05, 4.69) is 20.4 Å². The van der Waals surface area contributed by atoms with Crippen molar-refractivity contribution in [2.24, 2.45) is 40.4 Å². The van der Waals surface area contributed by atoms with Crippen LogP contribution in [0.5, 0.6) is 0 Å². The maximum atomic E-state index is 14.5. The predicted molar refractivity (Wildman–Crippen MR) is 196 cm³/mol. The van der Waals surface area contributed by atoms with Gasteiger partial charge in [-0.1, -0.05) is 85.6 Å². The molecule has 0 unspecified atom stereocenters. The van der Waals surface area contributed by atoms with Crippen molar-refractivity contribution in [3.8, 4) is 0 Å². The summed E-state index contributed by atoms with van der Waals surface area (Å²) in [6, 6.07) is -0.668. The van der Waals surface area contributed by atoms with Crippen LogP contribution in [0.25, 0.3) is 0 Å². The molecule has 6 atom stereocenters. The number of Topliss-reactive ketones (excluding diaryl/α,β-unsaturated/α-hetero) is 4. The molecule has 0 N–H and O–H groups in total. The molecule has 0 aromatic heterocycles. The number of amides is 1. The van der Waals surface area contributed by atoms with E-state index in [-0.39, 0.29) is 78.3 Å². The SMILES string of the molecule is C=CCCC(=O)C(=O)[C@@H]1CCCCCCCCC[C@H](CC(=O)C[C@H](CN(C)S(=O)(=O)N(C)C)C(C)(C)C)C(=O)N2C[C@H]3[C@@H]([C@H]2C(=O)C1)C3(C)C. The molecule has 2 aliphatic heterocycles. The van der Waals surface area contributed by atoms with Crippen molar-refractivity contribution in [2.75, 3.05) is 34.2 Å². The molecule has 1 aliphatic carbocycles. The number of carbonyl (C=O) groups is 5. The van der Waals surface area contributed by atoms with Gasteiger partial charge in [0.15, 0.2) is 11.6 Å². The lowest BCUT2D eigenvalue weighted by Crippen LogP contribution is -2.49. The summed E-state index contributed by atoms with van der Waals surface area (Å²) in [6.45, 7) is 14.5. The number of nitrogens with zero attached hydrogens (tertiary/aromatic N) is 3. The minimum Gasteiger partial charge on any atom is -0.332 e. The standard InChI is InChI=1S/C39H65N3O7S/c1-10-11-21-32(44)36(46)27-19-17-15-13-12-14-16-18-20-28(37(47)42-26-31-34(39(31,5)6)35(42)33(45)23-27)22-30(43)24-29(38(2,3)4)25-41(9)50(48,49)40(7)8/h10,27-29,31,34-35H,1,11-26H2,2-9H3/t27-,28-,29-,31+,34+,35-/m1/s1. The summed E-state index contributed by atoms with van der Waals surface area (Å²) in [5, 5.41) is 0. The van der Waals surface area contributed by atoms with Crippen LogP contribution >= 0.6 is 0 Å². The maximum absolute atomic E-state index is 14.5. The highest BCUT2D eigenvalue weighted by molar-refractivity contribution is 7.86. The third kappa shape index (κ3) is 10.4. The summed E-state index contributed by atoms with van der Waals surface area (Å²) in [7, 11) is 0.823. The number of ketones is 4. The van der Waals surface area contributed by atoms with Gasteiger partial charge in [0, 0.05) is 71.8 Å². The molecule has 3 rings (SSSR count). The summed E-state index contributed by atoms with van der Waals surface area (Å²) in [4.78, 5) is 70.4. The number of rotatable bonds is 13. The zero-order valence-corrected chi connectivity index (χ0v) is 33.0. The van der Waals surface area contributed by atoms with Crippen LogP contribution in [0.15, 0.2) is 12.7 Å². The summed E-state index contributed by atoms with van der Waals surface area (Å²) < 4.78 is 28.0. The van der Waals surface area contributed by atoms with Crippen molar-refractivity contribution < 1.29 is 32.4 Å². The lowest BCUT2D eigenvalue weighted by Gasteiger charge is -2.35. The van der Waals surface area contributed by atoms with Gasteiger partial charge in [-0.05, 0) is 47.8 Å². The van der Waals surface area contributed by atoms with Gasteiger partial charge in [0.05, 0.1) is 6.04 Å². The minimum absolute atomic E-state index is 0.0131. The third-order valence-electron chi connectivity index (χ3n) is 12.0. The molecule has 0 radical (unpaired) electrons. The van der Waals surface area contributed by atoms with Crippen molar-refractivity contribution in [1.82, 2.24) is 13.5 Å². The van der Waals surface area contributed by atoms with Crippen LogP contribution in [-0.4, -0.2) is 91.2 Å². The summed E-state index contributed by atoms with van der Waals surface area (Å²) in [6.07, 6.45) is 9.79. The van der Waals surface area contributed by atoms with Gasteiger partial charge in [-0.25, -0.2) is 0 Å². The molecule has 0 spiro atoms. The molecular weight excluding hydrogens is 655 g/mol. The van der Waals surface area contributed by atoms with Crippen LogP contribution in [0.1, 0.15) is 125 Å². The minimum atomic E-state index is -3.66. The van der Waals surface area contributed by atoms with Crippen LogP contribution in [0, 0.1) is 40.4 Å². The Bertz CT molecular complexity index is 1370. The largest absolute Gasteiger partial charge is 0.332 e. The summed E-state index contributed by atoms with van der Waals surface area (Å²) in [5.41, 5.74) is -0.474. The van der Waals surface area contributed by atoms with Crippen LogP contribution in [0.4, 0.5) is 0 Å². The molecule has 284 valence electrons. The number of allylic oxidation sites excluding steroid dienone is 1. The van der Waals surface area contributed by atoms with E-state index < -0.39 is 39.7 Å². The van der Waals surface area contributed by atoms with Crippen LogP contribution in [0.3, 0.4) is 0 Å². The van der Waals surface area contributed by atoms with E-state index in [9.17, 15) is 32.4 Å². The van der Waals surface area contributed by atoms with Gasteiger partial charge in [-0.3, -0.25) is 24.0 Å². The predicted octanol–water partition coefficient (Wildman–Crippen LogP) is 6.04. The van der Waals surface area contributed by atoms with Crippen molar-refractivity contribution in [3.05, 3.63) is 12.7 Å². The number of carbonyl (C=O) groups excluding carboxylic acids is 5. The Morgan fingerprint density at radius 2 is 1.56 bits per heavy atom. The van der Waals surface area contributed by atoms with Crippen molar-refractivity contribution >= 4 is 39.2 Å². The van der Waals surface area contributed by atoms with E-state index >= 15 is 0 Å². The average Bonchev–Trinajstić information content (AvgIpc) is 3.33. The normalized spacial score (nSPS) is 27.5. The molecule has 0 aromatic rings. The van der Waals surface area contributed by atoms with Crippen LogP contribution in [-0.2, 0) is 34.2 Å². The highest BCUT2D eigenvalue weighted by Crippen LogP contribution is 2.65. The van der Waals surface area contributed by atoms with Gasteiger partial charge in [-0.15, -0.1) is 6.58 Å². The summed E-state index contributed by atoms with van der Waals surface area (Å²) >= 11 is 0.